The topological polar surface area (TPSA) is 243 Å². The minimum Gasteiger partial charge on any atom is -0.511 e. The largest absolute Gasteiger partial charge is 0.511 e. The van der Waals surface area contributed by atoms with E-state index in [0.717, 1.165) is 20.8 Å². The van der Waals surface area contributed by atoms with Crippen molar-refractivity contribution in [3.05, 3.63) is 106 Å². The standard InChI is InChI=1S/C42H49NO12/c1-10-13-15-18-22(44)25-28-24(21(17-12-3)37(5,34(25)49)36(51)39(28,7)52)30(47)27-32(43)41(9,53)42(54)38(6,35(27)50)31-26(23(45)19-16-14-11-2)29(46)20(4)33(48)40(31,8)55-42/h10-19,21,24,28,31,43-46,50,52-54H,1-9H3/b13-10+,14-11+,17-12+,18-15+,19-16+,25-22-,26-23+,43-32?/t21-,24-,28+,31-,37-,38-,39+,40+,41+,42-/m1/s1. The summed E-state index contributed by atoms with van der Waals surface area (Å²) in [5, 5.41) is 92.6. The van der Waals surface area contributed by atoms with E-state index in [9.17, 15) is 55.5 Å². The van der Waals surface area contributed by atoms with Crippen LogP contribution in [0.3, 0.4) is 0 Å². The second kappa shape index (κ2) is 13.1. The molecule has 0 radical (unpaired) electrons. The fourth-order valence-corrected chi connectivity index (χ4v) is 9.82. The summed E-state index contributed by atoms with van der Waals surface area (Å²) in [4.78, 5) is 57.6. The first-order chi connectivity index (χ1) is 25.4. The zero-order chi connectivity index (χ0) is 41.6. The van der Waals surface area contributed by atoms with E-state index in [2.05, 4.69) is 0 Å². The van der Waals surface area contributed by atoms with Crippen LogP contribution in [0.4, 0.5) is 0 Å². The smallest absolute Gasteiger partial charge is 0.215 e. The van der Waals surface area contributed by atoms with Crippen LogP contribution in [-0.4, -0.2) is 87.2 Å². The fourth-order valence-electron chi connectivity index (χ4n) is 9.82. The van der Waals surface area contributed by atoms with Crippen molar-refractivity contribution in [1.29, 1.82) is 5.41 Å². The van der Waals surface area contributed by atoms with Gasteiger partial charge in [-0.1, -0.05) is 48.6 Å². The molecule has 2 bridgehead atoms. The second-order valence-electron chi connectivity index (χ2n) is 15.8. The van der Waals surface area contributed by atoms with Gasteiger partial charge in [0.2, 0.25) is 5.79 Å². The minimum absolute atomic E-state index is 0.278. The highest BCUT2D eigenvalue weighted by atomic mass is 16.7. The maximum Gasteiger partial charge on any atom is 0.215 e. The summed E-state index contributed by atoms with van der Waals surface area (Å²) in [7, 11) is 0. The van der Waals surface area contributed by atoms with E-state index in [4.69, 9.17) is 4.74 Å². The van der Waals surface area contributed by atoms with Gasteiger partial charge in [-0.15, -0.1) is 0 Å². The average Bonchev–Trinajstić information content (AvgIpc) is 3.32. The number of nitrogens with one attached hydrogen (secondary N) is 1. The molecule has 5 aliphatic carbocycles. The Morgan fingerprint density at radius 1 is 0.800 bits per heavy atom. The lowest BCUT2D eigenvalue weighted by molar-refractivity contribution is -0.308. The Morgan fingerprint density at radius 2 is 1.33 bits per heavy atom. The van der Waals surface area contributed by atoms with E-state index >= 15 is 4.79 Å². The molecule has 3 saturated carbocycles. The van der Waals surface area contributed by atoms with Crippen LogP contribution >= 0.6 is 0 Å². The molecule has 1 heterocycles. The number of carbonyl (C=O) groups is 4. The predicted octanol–water partition coefficient (Wildman–Crippen LogP) is 4.90. The van der Waals surface area contributed by atoms with E-state index in [0.29, 0.717) is 0 Å². The van der Waals surface area contributed by atoms with Crippen molar-refractivity contribution >= 4 is 28.8 Å². The molecule has 55 heavy (non-hydrogen) atoms. The zero-order valence-electron chi connectivity index (χ0n) is 32.3. The fraction of sp³-hybridized carbons (Fsp3) is 0.452. The van der Waals surface area contributed by atoms with Crippen molar-refractivity contribution < 1.29 is 59.7 Å². The number of hydrogen-bond acceptors (Lipinski definition) is 13. The second-order valence-corrected chi connectivity index (χ2v) is 15.8. The number of ketones is 4. The average molecular weight is 760 g/mol. The summed E-state index contributed by atoms with van der Waals surface area (Å²) in [6.07, 6.45) is 14.5. The highest BCUT2D eigenvalue weighted by Gasteiger charge is 2.82. The molecule has 13 heteroatoms. The Morgan fingerprint density at radius 3 is 1.84 bits per heavy atom. The van der Waals surface area contributed by atoms with E-state index in [1.165, 1.54) is 57.2 Å². The molecule has 13 nitrogen and oxygen atoms in total. The zero-order valence-corrected chi connectivity index (χ0v) is 32.3. The maximum absolute atomic E-state index is 15.4. The van der Waals surface area contributed by atoms with Crippen LogP contribution in [-0.2, 0) is 23.9 Å². The molecule has 10 atom stereocenters. The first-order valence-electron chi connectivity index (χ1n) is 18.0. The van der Waals surface area contributed by atoms with E-state index < -0.39 is 120 Å². The summed E-state index contributed by atoms with van der Waals surface area (Å²) in [6.45, 7) is 11.9. The number of hydrogen-bond donors (Lipinski definition) is 8. The van der Waals surface area contributed by atoms with Gasteiger partial charge in [0.25, 0.3) is 0 Å². The van der Waals surface area contributed by atoms with Crippen molar-refractivity contribution in [3.8, 4) is 0 Å². The molecule has 8 N–H and O–H groups in total. The summed E-state index contributed by atoms with van der Waals surface area (Å²) in [6, 6.07) is 0. The number of Topliss-reactive ketones (excluding diaryl/α,β-unsaturated/α-hetero) is 4. The molecular weight excluding hydrogens is 710 g/mol. The molecule has 0 aromatic heterocycles. The summed E-state index contributed by atoms with van der Waals surface area (Å²) in [5.74, 6) is -16.4. The molecule has 0 unspecified atom stereocenters. The number of carbonyl (C=O) groups excluding carboxylic acids is 4. The summed E-state index contributed by atoms with van der Waals surface area (Å²) < 4.78 is 6.08. The van der Waals surface area contributed by atoms with Crippen LogP contribution in [0.1, 0.15) is 62.3 Å². The van der Waals surface area contributed by atoms with Gasteiger partial charge in [0.1, 0.15) is 34.2 Å². The summed E-state index contributed by atoms with van der Waals surface area (Å²) >= 11 is 0. The van der Waals surface area contributed by atoms with Crippen molar-refractivity contribution in [1.82, 2.24) is 0 Å². The molecule has 6 aliphatic rings. The maximum atomic E-state index is 15.4. The first kappa shape index (κ1) is 41.2. The number of ether oxygens (including phenoxy) is 1. The number of rotatable bonds is 7. The lowest BCUT2D eigenvalue weighted by atomic mass is 9.42. The van der Waals surface area contributed by atoms with Gasteiger partial charge in [-0.05, 0) is 74.5 Å². The highest BCUT2D eigenvalue weighted by Crippen LogP contribution is 2.69. The Bertz CT molecular complexity index is 2100. The SMILES string of the molecule is C/C=C/C=C/C(O)=C1/C(=O)[C@]2(C)C(=O)[C@@](C)(O)[C@H]1[C@H](C(=O)C1=C(O)[C@@]3(C)[C@H]4\C(=C(O)/C=C/C=C/C)C(O)=C(C)C(=O)[C@@]4(C)O[C@@]3(O)[C@@](C)(O)C1=N)[C@H]2/C=C/C. The molecule has 6 rings (SSSR count). The molecule has 1 saturated heterocycles. The van der Waals surface area contributed by atoms with Crippen LogP contribution in [0.5, 0.6) is 0 Å². The third kappa shape index (κ3) is 4.95. The number of aliphatic hydroxyl groups is 7. The summed E-state index contributed by atoms with van der Waals surface area (Å²) in [5.41, 5.74) is -15.3. The van der Waals surface area contributed by atoms with Gasteiger partial charge in [-0.25, -0.2) is 0 Å². The molecule has 294 valence electrons. The Balaban J connectivity index is 1.89. The number of fused-ring (bicyclic) bond motifs is 6. The van der Waals surface area contributed by atoms with Gasteiger partial charge in [-0.2, -0.15) is 0 Å². The van der Waals surface area contributed by atoms with Crippen LogP contribution in [0.25, 0.3) is 0 Å². The van der Waals surface area contributed by atoms with E-state index in [1.54, 1.807) is 45.1 Å². The molecular formula is C42H49NO12. The third-order valence-electron chi connectivity index (χ3n) is 12.6. The Labute approximate surface area is 318 Å². The van der Waals surface area contributed by atoms with Gasteiger partial charge >= 0.3 is 0 Å². The van der Waals surface area contributed by atoms with Crippen LogP contribution in [0.2, 0.25) is 0 Å². The monoisotopic (exact) mass is 759 g/mol. The van der Waals surface area contributed by atoms with E-state index in [-0.39, 0.29) is 11.1 Å². The lowest BCUT2D eigenvalue weighted by Gasteiger charge is -2.58. The molecule has 0 aromatic rings. The Kier molecular flexibility index (Phi) is 9.80. The van der Waals surface area contributed by atoms with Crippen LogP contribution < -0.4 is 0 Å². The van der Waals surface area contributed by atoms with Crippen molar-refractivity contribution in [2.24, 2.45) is 34.5 Å². The minimum atomic E-state index is -3.08. The van der Waals surface area contributed by atoms with E-state index in [1.807, 2.05) is 0 Å². The molecule has 4 fully saturated rings. The highest BCUT2D eigenvalue weighted by molar-refractivity contribution is 6.29. The lowest BCUT2D eigenvalue weighted by Crippen LogP contribution is -2.73. The normalized spacial score (nSPS) is 42.6. The molecule has 0 amide bonds. The molecule has 1 aliphatic heterocycles. The Hall–Kier alpha value is -4.95. The number of aliphatic hydroxyl groups excluding tert-OH is 4. The first-order valence-corrected chi connectivity index (χ1v) is 18.0. The predicted molar refractivity (Wildman–Crippen MR) is 201 cm³/mol. The van der Waals surface area contributed by atoms with Gasteiger partial charge in [0.15, 0.2) is 28.7 Å². The van der Waals surface area contributed by atoms with Gasteiger partial charge < -0.3 is 45.9 Å². The van der Waals surface area contributed by atoms with Crippen LogP contribution in [0, 0.1) is 39.9 Å². The van der Waals surface area contributed by atoms with Gasteiger partial charge in [0, 0.05) is 40.4 Å². The quantitative estimate of drug-likeness (QED) is 0.0568. The molecule has 0 aromatic carbocycles. The van der Waals surface area contributed by atoms with Crippen molar-refractivity contribution in [2.45, 2.75) is 84.9 Å². The van der Waals surface area contributed by atoms with Crippen LogP contribution in [0.15, 0.2) is 106 Å². The van der Waals surface area contributed by atoms with Gasteiger partial charge in [0.05, 0.1) is 22.1 Å². The van der Waals surface area contributed by atoms with Gasteiger partial charge in [-0.3, -0.25) is 19.2 Å². The molecule has 0 spiro atoms. The third-order valence-corrected chi connectivity index (χ3v) is 12.6. The number of allylic oxidation sites excluding steroid dienone is 11. The van der Waals surface area contributed by atoms with Crippen molar-refractivity contribution in [2.75, 3.05) is 0 Å². The van der Waals surface area contributed by atoms with Crippen molar-refractivity contribution in [3.63, 3.8) is 0 Å².